The summed E-state index contributed by atoms with van der Waals surface area (Å²) < 4.78 is 0. The summed E-state index contributed by atoms with van der Waals surface area (Å²) in [7, 11) is 0. The highest BCUT2D eigenvalue weighted by atomic mass is 16.2. The van der Waals surface area contributed by atoms with Crippen LogP contribution in [-0.4, -0.2) is 41.9 Å². The lowest BCUT2D eigenvalue weighted by Gasteiger charge is -2.20. The van der Waals surface area contributed by atoms with Crippen LogP contribution in [-0.2, 0) is 9.59 Å². The molecule has 0 aromatic rings. The molecule has 0 aromatic carbocycles. The van der Waals surface area contributed by atoms with E-state index in [1.165, 1.54) is 0 Å². The van der Waals surface area contributed by atoms with E-state index in [1.54, 1.807) is 4.90 Å². The fourth-order valence-corrected chi connectivity index (χ4v) is 1.61. The third kappa shape index (κ3) is 2.45. The predicted octanol–water partition coefficient (Wildman–Crippen LogP) is -0.929. The minimum atomic E-state index is -0.201. The molecule has 1 unspecified atom stereocenters. The van der Waals surface area contributed by atoms with Crippen molar-refractivity contribution in [3.63, 3.8) is 0 Å². The van der Waals surface area contributed by atoms with Gasteiger partial charge in [-0.3, -0.25) is 9.59 Å². The molecule has 1 fully saturated rings. The van der Waals surface area contributed by atoms with Gasteiger partial charge in [-0.15, -0.1) is 0 Å². The van der Waals surface area contributed by atoms with Crippen LogP contribution in [0.3, 0.4) is 0 Å². The molecule has 0 radical (unpaired) electrons. The molecule has 80 valence electrons. The van der Waals surface area contributed by atoms with Gasteiger partial charge < -0.3 is 16.0 Å². The molecule has 1 atom stereocenters. The zero-order chi connectivity index (χ0) is 10.7. The zero-order valence-corrected chi connectivity index (χ0v) is 8.62. The van der Waals surface area contributed by atoms with Gasteiger partial charge in [0.25, 0.3) is 0 Å². The Morgan fingerprint density at radius 1 is 1.71 bits per heavy atom. The highest BCUT2D eigenvalue weighted by Gasteiger charge is 2.31. The number of hydrogen-bond donors (Lipinski definition) is 2. The van der Waals surface area contributed by atoms with Crippen molar-refractivity contribution < 1.29 is 9.59 Å². The van der Waals surface area contributed by atoms with Gasteiger partial charge in [0.2, 0.25) is 11.8 Å². The Hall–Kier alpha value is -1.10. The van der Waals surface area contributed by atoms with Gasteiger partial charge in [0.1, 0.15) is 0 Å². The Bertz CT molecular complexity index is 240. The van der Waals surface area contributed by atoms with Gasteiger partial charge in [-0.2, -0.15) is 0 Å². The SMILES string of the molecule is CC(C)N1CC(NC(=O)CN)CC1=O. The predicted molar refractivity (Wildman–Crippen MR) is 52.5 cm³/mol. The van der Waals surface area contributed by atoms with E-state index in [4.69, 9.17) is 5.73 Å². The Labute approximate surface area is 83.6 Å². The van der Waals surface area contributed by atoms with Crippen molar-refractivity contribution in [3.8, 4) is 0 Å². The van der Waals surface area contributed by atoms with Crippen molar-refractivity contribution in [2.75, 3.05) is 13.1 Å². The van der Waals surface area contributed by atoms with E-state index in [1.807, 2.05) is 13.8 Å². The van der Waals surface area contributed by atoms with Crippen LogP contribution in [0.4, 0.5) is 0 Å². The first-order valence-electron chi connectivity index (χ1n) is 4.83. The molecule has 3 N–H and O–H groups in total. The number of likely N-dealkylation sites (tertiary alicyclic amines) is 1. The van der Waals surface area contributed by atoms with Crippen LogP contribution in [0.5, 0.6) is 0 Å². The Morgan fingerprint density at radius 2 is 2.36 bits per heavy atom. The Morgan fingerprint density at radius 3 is 2.79 bits per heavy atom. The van der Waals surface area contributed by atoms with Gasteiger partial charge in [-0.05, 0) is 13.8 Å². The molecule has 1 rings (SSSR count). The van der Waals surface area contributed by atoms with Crippen molar-refractivity contribution in [3.05, 3.63) is 0 Å². The second-order valence-electron chi connectivity index (χ2n) is 3.81. The van der Waals surface area contributed by atoms with E-state index >= 15 is 0 Å². The summed E-state index contributed by atoms with van der Waals surface area (Å²) in [6.07, 6.45) is 0.393. The summed E-state index contributed by atoms with van der Waals surface area (Å²) in [6.45, 7) is 4.50. The van der Waals surface area contributed by atoms with Gasteiger partial charge >= 0.3 is 0 Å². The number of carbonyl (C=O) groups is 2. The maximum absolute atomic E-state index is 11.4. The van der Waals surface area contributed by atoms with Gasteiger partial charge in [0, 0.05) is 19.0 Å². The van der Waals surface area contributed by atoms with Crippen LogP contribution in [0.25, 0.3) is 0 Å². The van der Waals surface area contributed by atoms with Gasteiger partial charge in [-0.1, -0.05) is 0 Å². The van der Waals surface area contributed by atoms with E-state index in [-0.39, 0.29) is 30.4 Å². The normalized spacial score (nSPS) is 21.9. The molecule has 1 saturated heterocycles. The summed E-state index contributed by atoms with van der Waals surface area (Å²) in [5.74, 6) is -0.101. The lowest BCUT2D eigenvalue weighted by atomic mass is 10.2. The van der Waals surface area contributed by atoms with Crippen molar-refractivity contribution >= 4 is 11.8 Å². The van der Waals surface area contributed by atoms with Crippen molar-refractivity contribution in [2.24, 2.45) is 5.73 Å². The van der Waals surface area contributed by atoms with E-state index in [0.29, 0.717) is 13.0 Å². The molecule has 0 spiro atoms. The van der Waals surface area contributed by atoms with E-state index in [0.717, 1.165) is 0 Å². The van der Waals surface area contributed by atoms with Crippen LogP contribution in [0, 0.1) is 0 Å². The van der Waals surface area contributed by atoms with E-state index in [9.17, 15) is 9.59 Å². The molecule has 1 aliphatic heterocycles. The van der Waals surface area contributed by atoms with Crippen molar-refractivity contribution in [2.45, 2.75) is 32.4 Å². The molecule has 5 heteroatoms. The second kappa shape index (κ2) is 4.41. The molecule has 0 aromatic heterocycles. The summed E-state index contributed by atoms with van der Waals surface area (Å²) in [5, 5.41) is 2.72. The van der Waals surface area contributed by atoms with Crippen LogP contribution in [0.1, 0.15) is 20.3 Å². The molecule has 1 aliphatic rings. The average molecular weight is 199 g/mol. The first-order chi connectivity index (χ1) is 6.54. The highest BCUT2D eigenvalue weighted by molar-refractivity contribution is 5.83. The second-order valence-corrected chi connectivity index (χ2v) is 3.81. The van der Waals surface area contributed by atoms with Gasteiger partial charge in [0.05, 0.1) is 12.6 Å². The van der Waals surface area contributed by atoms with Crippen LogP contribution in [0.2, 0.25) is 0 Å². The van der Waals surface area contributed by atoms with Crippen molar-refractivity contribution in [1.82, 2.24) is 10.2 Å². The van der Waals surface area contributed by atoms with Gasteiger partial charge in [0.15, 0.2) is 0 Å². The highest BCUT2D eigenvalue weighted by Crippen LogP contribution is 2.13. The minimum Gasteiger partial charge on any atom is -0.350 e. The summed E-state index contributed by atoms with van der Waals surface area (Å²) >= 11 is 0. The van der Waals surface area contributed by atoms with Crippen LogP contribution in [0.15, 0.2) is 0 Å². The maximum atomic E-state index is 11.4. The third-order valence-electron chi connectivity index (χ3n) is 2.33. The molecular formula is C9H17N3O2. The van der Waals surface area contributed by atoms with Crippen LogP contribution >= 0.6 is 0 Å². The van der Waals surface area contributed by atoms with E-state index in [2.05, 4.69) is 5.32 Å². The smallest absolute Gasteiger partial charge is 0.234 e. The number of nitrogens with two attached hydrogens (primary N) is 1. The monoisotopic (exact) mass is 199 g/mol. The summed E-state index contributed by atoms with van der Waals surface area (Å²) in [6, 6.07) is 0.128. The number of nitrogens with zero attached hydrogens (tertiary/aromatic N) is 1. The molecule has 0 aliphatic carbocycles. The lowest BCUT2D eigenvalue weighted by molar-refractivity contribution is -0.129. The fraction of sp³-hybridized carbons (Fsp3) is 0.778. The Balaban J connectivity index is 2.46. The largest absolute Gasteiger partial charge is 0.350 e. The van der Waals surface area contributed by atoms with Crippen LogP contribution < -0.4 is 11.1 Å². The number of nitrogens with one attached hydrogen (secondary N) is 1. The third-order valence-corrected chi connectivity index (χ3v) is 2.33. The first-order valence-corrected chi connectivity index (χ1v) is 4.83. The standard InChI is InChI=1S/C9H17N3O2/c1-6(2)12-5-7(3-9(12)14)11-8(13)4-10/h6-7H,3-5,10H2,1-2H3,(H,11,13). The lowest BCUT2D eigenvalue weighted by Crippen LogP contribution is -2.41. The van der Waals surface area contributed by atoms with Crippen molar-refractivity contribution in [1.29, 1.82) is 0 Å². The number of carbonyl (C=O) groups excluding carboxylic acids is 2. The minimum absolute atomic E-state index is 0.0215. The molecule has 14 heavy (non-hydrogen) atoms. The zero-order valence-electron chi connectivity index (χ0n) is 8.62. The van der Waals surface area contributed by atoms with E-state index < -0.39 is 0 Å². The topological polar surface area (TPSA) is 75.4 Å². The maximum Gasteiger partial charge on any atom is 0.234 e. The number of rotatable bonds is 3. The Kier molecular flexibility index (Phi) is 3.46. The molecular weight excluding hydrogens is 182 g/mol. The molecule has 0 saturated carbocycles. The fourth-order valence-electron chi connectivity index (χ4n) is 1.61. The van der Waals surface area contributed by atoms with Gasteiger partial charge in [-0.25, -0.2) is 0 Å². The molecule has 1 heterocycles. The summed E-state index contributed by atoms with van der Waals surface area (Å²) in [4.78, 5) is 24.2. The summed E-state index contributed by atoms with van der Waals surface area (Å²) in [5.41, 5.74) is 5.17. The average Bonchev–Trinajstić information content (AvgIpc) is 2.46. The molecule has 0 bridgehead atoms. The first kappa shape index (κ1) is 11.0. The molecule has 5 nitrogen and oxygen atoms in total. The quantitative estimate of drug-likeness (QED) is 0.616. The molecule has 2 amide bonds. The number of amides is 2. The number of hydrogen-bond acceptors (Lipinski definition) is 3.